The van der Waals surface area contributed by atoms with Crippen molar-refractivity contribution >= 4 is 17.7 Å². The lowest BCUT2D eigenvalue weighted by molar-refractivity contribution is -0.169. The van der Waals surface area contributed by atoms with E-state index in [0.717, 1.165) is 31.3 Å². The summed E-state index contributed by atoms with van der Waals surface area (Å²) in [6.45, 7) is 15.8. The molecule has 0 saturated carbocycles. The van der Waals surface area contributed by atoms with Crippen molar-refractivity contribution < 1.29 is 28.6 Å². The first-order valence-electron chi connectivity index (χ1n) is 11.6. The molecule has 1 aliphatic heterocycles. The van der Waals surface area contributed by atoms with Gasteiger partial charge in [-0.15, -0.1) is 0 Å². The van der Waals surface area contributed by atoms with Crippen molar-refractivity contribution in [1.29, 1.82) is 0 Å². The van der Waals surface area contributed by atoms with Gasteiger partial charge in [-0.2, -0.15) is 0 Å². The Bertz CT molecular complexity index is 626. The van der Waals surface area contributed by atoms with Crippen LogP contribution in [0.25, 0.3) is 0 Å². The minimum atomic E-state index is -0.591. The summed E-state index contributed by atoms with van der Waals surface area (Å²) in [6, 6.07) is 0. The van der Waals surface area contributed by atoms with Gasteiger partial charge in [0.15, 0.2) is 0 Å². The molecule has 0 aliphatic carbocycles. The SMILES string of the molecule is C=C(CC(=O)C(C)CCC[C@@]1(C)OCC(CCOC(C)=O)CCC1OC(C)=O)C(C)C. The van der Waals surface area contributed by atoms with Crippen LogP contribution in [0.1, 0.15) is 86.5 Å². The molecule has 1 aliphatic rings. The fraction of sp³-hybridized carbons (Fsp3) is 0.800. The summed E-state index contributed by atoms with van der Waals surface area (Å²) in [5.41, 5.74) is 0.386. The highest BCUT2D eigenvalue weighted by Gasteiger charge is 2.40. The highest BCUT2D eigenvalue weighted by molar-refractivity contribution is 5.82. The van der Waals surface area contributed by atoms with Gasteiger partial charge in [-0.3, -0.25) is 14.4 Å². The van der Waals surface area contributed by atoms with Gasteiger partial charge in [0, 0.05) is 26.2 Å². The zero-order valence-corrected chi connectivity index (χ0v) is 20.3. The number of hydrogen-bond acceptors (Lipinski definition) is 6. The summed E-state index contributed by atoms with van der Waals surface area (Å²) in [4.78, 5) is 35.2. The van der Waals surface area contributed by atoms with Gasteiger partial charge in [-0.25, -0.2) is 0 Å². The lowest BCUT2D eigenvalue weighted by Crippen LogP contribution is -2.44. The monoisotopic (exact) mass is 438 g/mol. The smallest absolute Gasteiger partial charge is 0.303 e. The predicted octanol–water partition coefficient (Wildman–Crippen LogP) is 5.03. The molecule has 6 nitrogen and oxygen atoms in total. The van der Waals surface area contributed by atoms with Crippen molar-refractivity contribution in [2.45, 2.75) is 98.2 Å². The molecule has 31 heavy (non-hydrogen) atoms. The minimum absolute atomic E-state index is 0.0338. The zero-order valence-electron chi connectivity index (χ0n) is 20.3. The molecule has 3 unspecified atom stereocenters. The molecule has 0 spiro atoms. The molecule has 0 radical (unpaired) electrons. The van der Waals surface area contributed by atoms with E-state index in [1.165, 1.54) is 13.8 Å². The van der Waals surface area contributed by atoms with E-state index >= 15 is 0 Å². The molecule has 6 heteroatoms. The van der Waals surface area contributed by atoms with E-state index in [-0.39, 0.29) is 35.7 Å². The number of hydrogen-bond donors (Lipinski definition) is 0. The topological polar surface area (TPSA) is 78.9 Å². The number of rotatable bonds is 12. The van der Waals surface area contributed by atoms with E-state index < -0.39 is 5.60 Å². The van der Waals surface area contributed by atoms with Gasteiger partial charge in [-0.1, -0.05) is 32.9 Å². The van der Waals surface area contributed by atoms with Crippen LogP contribution in [-0.2, 0) is 28.6 Å². The van der Waals surface area contributed by atoms with Gasteiger partial charge >= 0.3 is 11.9 Å². The normalized spacial score (nSPS) is 24.9. The van der Waals surface area contributed by atoms with Crippen molar-refractivity contribution in [1.82, 2.24) is 0 Å². The second kappa shape index (κ2) is 13.0. The Labute approximate surface area is 188 Å². The van der Waals surface area contributed by atoms with Crippen LogP contribution < -0.4 is 0 Å². The summed E-state index contributed by atoms with van der Waals surface area (Å²) in [5, 5.41) is 0. The Hall–Kier alpha value is -1.69. The van der Waals surface area contributed by atoms with Crippen molar-refractivity contribution in [3.63, 3.8) is 0 Å². The highest BCUT2D eigenvalue weighted by Crippen LogP contribution is 2.35. The molecular weight excluding hydrogens is 396 g/mol. The number of esters is 2. The van der Waals surface area contributed by atoms with Crippen molar-refractivity contribution in [2.24, 2.45) is 17.8 Å². The molecule has 0 aromatic carbocycles. The molecule has 1 rings (SSSR count). The van der Waals surface area contributed by atoms with E-state index in [9.17, 15) is 14.4 Å². The first-order chi connectivity index (χ1) is 14.4. The van der Waals surface area contributed by atoms with E-state index in [4.69, 9.17) is 14.2 Å². The van der Waals surface area contributed by atoms with E-state index in [0.29, 0.717) is 38.4 Å². The molecule has 1 fully saturated rings. The lowest BCUT2D eigenvalue weighted by atomic mass is 9.86. The van der Waals surface area contributed by atoms with Crippen LogP contribution in [0.5, 0.6) is 0 Å². The molecule has 178 valence electrons. The van der Waals surface area contributed by atoms with Gasteiger partial charge in [0.1, 0.15) is 17.5 Å². The number of ether oxygens (including phenoxy) is 3. The summed E-state index contributed by atoms with van der Waals surface area (Å²) < 4.78 is 17.0. The van der Waals surface area contributed by atoms with Crippen LogP contribution in [0.4, 0.5) is 0 Å². The van der Waals surface area contributed by atoms with Gasteiger partial charge in [0.2, 0.25) is 0 Å². The predicted molar refractivity (Wildman–Crippen MR) is 121 cm³/mol. The summed E-state index contributed by atoms with van der Waals surface area (Å²) in [7, 11) is 0. The van der Waals surface area contributed by atoms with E-state index in [1.54, 1.807) is 0 Å². The summed E-state index contributed by atoms with van der Waals surface area (Å²) in [6.07, 6.45) is 4.70. The maximum atomic E-state index is 12.5. The second-order valence-electron chi connectivity index (χ2n) is 9.54. The standard InChI is InChI=1S/C25H42O6/c1-17(2)19(4)15-23(28)18(3)9-8-13-25(7)24(31-21(6)27)11-10-22(16-30-25)12-14-29-20(5)26/h17-18,22,24H,4,8-16H2,1-3,5-7H3/t18?,22?,24?,25-/m1/s1. The molecule has 4 atom stereocenters. The van der Waals surface area contributed by atoms with Gasteiger partial charge in [0.25, 0.3) is 0 Å². The Morgan fingerprint density at radius 2 is 1.81 bits per heavy atom. The first-order valence-corrected chi connectivity index (χ1v) is 11.6. The largest absolute Gasteiger partial charge is 0.466 e. The van der Waals surface area contributed by atoms with E-state index in [1.807, 2.05) is 13.8 Å². The summed E-state index contributed by atoms with van der Waals surface area (Å²) >= 11 is 0. The molecule has 1 saturated heterocycles. The average Bonchev–Trinajstić information content (AvgIpc) is 2.81. The first kappa shape index (κ1) is 27.3. The minimum Gasteiger partial charge on any atom is -0.466 e. The van der Waals surface area contributed by atoms with Crippen LogP contribution in [0.2, 0.25) is 0 Å². The van der Waals surface area contributed by atoms with E-state index in [2.05, 4.69) is 20.4 Å². The third-order valence-corrected chi connectivity index (χ3v) is 6.38. The number of allylic oxidation sites excluding steroid dienone is 1. The van der Waals surface area contributed by atoms with Crippen LogP contribution >= 0.6 is 0 Å². The number of carbonyl (C=O) groups excluding carboxylic acids is 3. The van der Waals surface area contributed by atoms with Gasteiger partial charge in [0.05, 0.1) is 13.2 Å². The zero-order chi connectivity index (χ0) is 23.6. The molecule has 0 amide bonds. The third-order valence-electron chi connectivity index (χ3n) is 6.38. The molecule has 0 aromatic rings. The van der Waals surface area contributed by atoms with Crippen molar-refractivity contribution in [2.75, 3.05) is 13.2 Å². The van der Waals surface area contributed by atoms with Crippen LogP contribution in [-0.4, -0.2) is 42.6 Å². The quantitative estimate of drug-likeness (QED) is 0.314. The maximum Gasteiger partial charge on any atom is 0.303 e. The lowest BCUT2D eigenvalue weighted by Gasteiger charge is -2.35. The third kappa shape index (κ3) is 9.98. The van der Waals surface area contributed by atoms with Crippen LogP contribution in [0.15, 0.2) is 12.2 Å². The number of ketones is 1. The van der Waals surface area contributed by atoms with Crippen LogP contribution in [0, 0.1) is 17.8 Å². The number of carbonyl (C=O) groups is 3. The molecule has 0 aromatic heterocycles. The maximum absolute atomic E-state index is 12.5. The number of Topliss-reactive ketones (excluding diaryl/α,β-unsaturated/α-hetero) is 1. The van der Waals surface area contributed by atoms with Gasteiger partial charge < -0.3 is 14.2 Å². The van der Waals surface area contributed by atoms with Crippen molar-refractivity contribution in [3.8, 4) is 0 Å². The molecule has 0 bridgehead atoms. The van der Waals surface area contributed by atoms with Gasteiger partial charge in [-0.05, 0) is 57.3 Å². The molecule has 1 heterocycles. The fourth-order valence-electron chi connectivity index (χ4n) is 3.91. The Morgan fingerprint density at radius 3 is 2.39 bits per heavy atom. The molecular formula is C25H42O6. The Balaban J connectivity index is 2.65. The summed E-state index contributed by atoms with van der Waals surface area (Å²) in [5.74, 6) is 0.169. The van der Waals surface area contributed by atoms with Crippen LogP contribution in [0.3, 0.4) is 0 Å². The fourth-order valence-corrected chi connectivity index (χ4v) is 3.91. The Morgan fingerprint density at radius 1 is 1.13 bits per heavy atom. The average molecular weight is 439 g/mol. The Kier molecular flexibility index (Phi) is 11.5. The molecule has 0 N–H and O–H groups in total. The second-order valence-corrected chi connectivity index (χ2v) is 9.54. The van der Waals surface area contributed by atoms with Crippen molar-refractivity contribution in [3.05, 3.63) is 12.2 Å². The highest BCUT2D eigenvalue weighted by atomic mass is 16.6.